The maximum Gasteiger partial charge on any atom is 0.137 e. The smallest absolute Gasteiger partial charge is 0.137 e. The van der Waals surface area contributed by atoms with Crippen LogP contribution in [0.1, 0.15) is 40.3 Å². The van der Waals surface area contributed by atoms with E-state index in [1.165, 1.54) is 12.1 Å². The summed E-state index contributed by atoms with van der Waals surface area (Å²) in [5, 5.41) is 29.7. The summed E-state index contributed by atoms with van der Waals surface area (Å²) in [6.45, 7) is 2.09. The predicted molar refractivity (Wildman–Crippen MR) is 132 cm³/mol. The minimum atomic E-state index is -1.09. The molecule has 3 N–H and O–H groups in total. The van der Waals surface area contributed by atoms with Crippen molar-refractivity contribution in [1.82, 2.24) is 0 Å². The van der Waals surface area contributed by atoms with Crippen LogP contribution in [0.15, 0.2) is 60.7 Å². The number of aliphatic hydroxyl groups excluding tert-OH is 3. The molecule has 1 saturated heterocycles. The summed E-state index contributed by atoms with van der Waals surface area (Å²) in [6.07, 6.45) is -1.75. The lowest BCUT2D eigenvalue weighted by molar-refractivity contribution is -0.181. The van der Waals surface area contributed by atoms with E-state index in [4.69, 9.17) is 14.2 Å². The van der Waals surface area contributed by atoms with Gasteiger partial charge in [-0.15, -0.1) is 0 Å². The van der Waals surface area contributed by atoms with Crippen molar-refractivity contribution in [3.63, 3.8) is 0 Å². The molecule has 5 atom stereocenters. The first kappa shape index (κ1) is 24.7. The third-order valence-electron chi connectivity index (χ3n) is 7.01. The Balaban J connectivity index is 1.20. The van der Waals surface area contributed by atoms with E-state index in [1.807, 2.05) is 36.4 Å². The van der Waals surface area contributed by atoms with E-state index in [1.54, 1.807) is 6.07 Å². The first-order valence-electron chi connectivity index (χ1n) is 12.3. The molecular weight excluding hydrogens is 463 g/mol. The van der Waals surface area contributed by atoms with Crippen molar-refractivity contribution in [2.24, 2.45) is 0 Å². The lowest BCUT2D eigenvalue weighted by Crippen LogP contribution is -2.47. The molecule has 190 valence electrons. The van der Waals surface area contributed by atoms with Gasteiger partial charge in [0.15, 0.2) is 0 Å². The number of hydrogen-bond acceptors (Lipinski definition) is 6. The van der Waals surface area contributed by atoms with Gasteiger partial charge in [0.1, 0.15) is 42.2 Å². The molecule has 5 rings (SSSR count). The molecule has 36 heavy (non-hydrogen) atoms. The SMILES string of the molecule is Cc1ccc([C@H]2C[C@@H](O)[C@H](O)[C@@H](CO)O2)cc1Cc1ccc(OCC2Cc3cc(F)ccc3O2)cc1. The highest BCUT2D eigenvalue weighted by atomic mass is 19.1. The second-order valence-electron chi connectivity index (χ2n) is 9.65. The van der Waals surface area contributed by atoms with E-state index in [-0.39, 0.29) is 24.9 Å². The molecule has 2 aliphatic heterocycles. The third-order valence-corrected chi connectivity index (χ3v) is 7.01. The van der Waals surface area contributed by atoms with Crippen molar-refractivity contribution in [2.45, 2.75) is 56.7 Å². The summed E-state index contributed by atoms with van der Waals surface area (Å²) in [4.78, 5) is 0. The normalized spacial score (nSPS) is 25.3. The summed E-state index contributed by atoms with van der Waals surface area (Å²) in [7, 11) is 0. The van der Waals surface area contributed by atoms with E-state index in [0.717, 1.165) is 33.6 Å². The van der Waals surface area contributed by atoms with Gasteiger partial charge in [0.2, 0.25) is 0 Å². The lowest BCUT2D eigenvalue weighted by atomic mass is 9.91. The Hall–Kier alpha value is -2.97. The molecule has 0 bridgehead atoms. The molecule has 7 heteroatoms. The molecule has 0 saturated carbocycles. The molecule has 0 aliphatic carbocycles. The van der Waals surface area contributed by atoms with Gasteiger partial charge in [0, 0.05) is 18.4 Å². The Kier molecular flexibility index (Phi) is 7.25. The van der Waals surface area contributed by atoms with Gasteiger partial charge in [0.25, 0.3) is 0 Å². The van der Waals surface area contributed by atoms with Crippen LogP contribution in [0.25, 0.3) is 0 Å². The molecular formula is C29H31FO6. The van der Waals surface area contributed by atoms with Gasteiger partial charge in [-0.3, -0.25) is 0 Å². The van der Waals surface area contributed by atoms with Gasteiger partial charge in [-0.05, 0) is 65.9 Å². The van der Waals surface area contributed by atoms with Crippen molar-refractivity contribution in [1.29, 1.82) is 0 Å². The van der Waals surface area contributed by atoms with Crippen molar-refractivity contribution in [3.8, 4) is 11.5 Å². The van der Waals surface area contributed by atoms with E-state index >= 15 is 0 Å². The largest absolute Gasteiger partial charge is 0.490 e. The van der Waals surface area contributed by atoms with Gasteiger partial charge >= 0.3 is 0 Å². The summed E-state index contributed by atoms with van der Waals surface area (Å²) in [6, 6.07) is 18.6. The molecule has 0 aromatic heterocycles. The molecule has 0 spiro atoms. The van der Waals surface area contributed by atoms with Gasteiger partial charge in [-0.1, -0.05) is 30.3 Å². The third kappa shape index (κ3) is 5.39. The highest BCUT2D eigenvalue weighted by Crippen LogP contribution is 2.33. The minimum Gasteiger partial charge on any atom is -0.490 e. The number of aryl methyl sites for hydroxylation is 1. The van der Waals surface area contributed by atoms with Crippen LogP contribution >= 0.6 is 0 Å². The Morgan fingerprint density at radius 3 is 2.61 bits per heavy atom. The van der Waals surface area contributed by atoms with Crippen LogP contribution in [-0.4, -0.2) is 52.9 Å². The van der Waals surface area contributed by atoms with Gasteiger partial charge < -0.3 is 29.5 Å². The van der Waals surface area contributed by atoms with E-state index in [9.17, 15) is 19.7 Å². The average Bonchev–Trinajstić information content (AvgIpc) is 3.28. The zero-order chi connectivity index (χ0) is 25.2. The molecule has 3 aromatic carbocycles. The zero-order valence-corrected chi connectivity index (χ0v) is 20.1. The van der Waals surface area contributed by atoms with Crippen LogP contribution in [-0.2, 0) is 17.6 Å². The van der Waals surface area contributed by atoms with Crippen LogP contribution in [0.2, 0.25) is 0 Å². The molecule has 1 fully saturated rings. The second kappa shape index (κ2) is 10.6. The maximum atomic E-state index is 13.4. The van der Waals surface area contributed by atoms with Crippen LogP contribution in [0, 0.1) is 12.7 Å². The Morgan fingerprint density at radius 1 is 1.03 bits per heavy atom. The highest BCUT2D eigenvalue weighted by Gasteiger charge is 2.37. The van der Waals surface area contributed by atoms with Crippen LogP contribution in [0.3, 0.4) is 0 Å². The minimum absolute atomic E-state index is 0.140. The van der Waals surface area contributed by atoms with E-state index in [2.05, 4.69) is 13.0 Å². The van der Waals surface area contributed by atoms with Crippen molar-refractivity contribution in [3.05, 3.63) is 94.3 Å². The van der Waals surface area contributed by atoms with Crippen molar-refractivity contribution >= 4 is 0 Å². The topological polar surface area (TPSA) is 88.4 Å². The Morgan fingerprint density at radius 2 is 1.83 bits per heavy atom. The Labute approximate surface area is 209 Å². The number of benzene rings is 3. The summed E-state index contributed by atoms with van der Waals surface area (Å²) in [5.74, 6) is 1.20. The van der Waals surface area contributed by atoms with Gasteiger partial charge in [0.05, 0.1) is 18.8 Å². The predicted octanol–water partition coefficient (Wildman–Crippen LogP) is 3.65. The first-order chi connectivity index (χ1) is 17.4. The number of ether oxygens (including phenoxy) is 3. The zero-order valence-electron chi connectivity index (χ0n) is 20.1. The molecule has 1 unspecified atom stereocenters. The fourth-order valence-corrected chi connectivity index (χ4v) is 4.90. The van der Waals surface area contributed by atoms with Crippen molar-refractivity contribution < 1.29 is 33.9 Å². The molecule has 0 radical (unpaired) electrons. The monoisotopic (exact) mass is 494 g/mol. The summed E-state index contributed by atoms with van der Waals surface area (Å²) in [5.41, 5.74) is 5.18. The molecule has 0 amide bonds. The number of halogens is 1. The molecule has 2 heterocycles. The van der Waals surface area contributed by atoms with E-state index < -0.39 is 24.4 Å². The van der Waals surface area contributed by atoms with E-state index in [0.29, 0.717) is 25.2 Å². The fourth-order valence-electron chi connectivity index (χ4n) is 4.90. The van der Waals surface area contributed by atoms with Gasteiger partial charge in [-0.2, -0.15) is 0 Å². The van der Waals surface area contributed by atoms with Crippen molar-refractivity contribution in [2.75, 3.05) is 13.2 Å². The number of rotatable bonds is 7. The lowest BCUT2D eigenvalue weighted by Gasteiger charge is -2.36. The highest BCUT2D eigenvalue weighted by molar-refractivity contribution is 5.39. The Bertz CT molecular complexity index is 1200. The molecule has 6 nitrogen and oxygen atoms in total. The van der Waals surface area contributed by atoms with Crippen LogP contribution in [0.5, 0.6) is 11.5 Å². The number of fused-ring (bicyclic) bond motifs is 1. The number of aliphatic hydroxyl groups is 3. The van der Waals surface area contributed by atoms with Crippen LogP contribution < -0.4 is 9.47 Å². The number of hydrogen-bond donors (Lipinski definition) is 3. The first-order valence-corrected chi connectivity index (χ1v) is 12.3. The summed E-state index contributed by atoms with van der Waals surface area (Å²) < 4.78 is 31.0. The quantitative estimate of drug-likeness (QED) is 0.465. The maximum absolute atomic E-state index is 13.4. The molecule has 3 aromatic rings. The standard InChI is InChI=1S/C29H31FO6/c1-17-2-5-19(27-14-25(32)29(33)28(15-31)36-27)11-20(17)10-18-3-7-23(8-4-18)34-16-24-13-21-12-22(30)6-9-26(21)35-24/h2-9,11-12,24-25,27-29,31-33H,10,13-16H2,1H3/t24?,25-,27-,28-,29+/m1/s1. The molecule has 2 aliphatic rings. The fraction of sp³-hybridized carbons (Fsp3) is 0.379. The summed E-state index contributed by atoms with van der Waals surface area (Å²) >= 11 is 0. The van der Waals surface area contributed by atoms with Gasteiger partial charge in [-0.25, -0.2) is 4.39 Å². The average molecular weight is 495 g/mol. The second-order valence-corrected chi connectivity index (χ2v) is 9.65. The van der Waals surface area contributed by atoms with Crippen LogP contribution in [0.4, 0.5) is 4.39 Å².